The number of aromatic nitrogens is 1. The van der Waals surface area contributed by atoms with Crippen molar-refractivity contribution in [3.8, 4) is 0 Å². The fraction of sp³-hybridized carbons (Fsp3) is 0.316. The molecular formula is C19H19N3O2S2. The van der Waals surface area contributed by atoms with Crippen LogP contribution in [0.5, 0.6) is 0 Å². The van der Waals surface area contributed by atoms with Crippen LogP contribution in [0.2, 0.25) is 0 Å². The Morgan fingerprint density at radius 1 is 1.27 bits per heavy atom. The van der Waals surface area contributed by atoms with Crippen LogP contribution in [0.3, 0.4) is 0 Å². The van der Waals surface area contributed by atoms with Crippen molar-refractivity contribution in [2.24, 2.45) is 0 Å². The SMILES string of the molecule is Cc1nc2ccc(NC(=O)C3CCCCN3C(=O)c3cccs3)cc2s1. The summed E-state index contributed by atoms with van der Waals surface area (Å²) >= 11 is 3.02. The van der Waals surface area contributed by atoms with Crippen molar-refractivity contribution in [2.75, 3.05) is 11.9 Å². The molecule has 5 nitrogen and oxygen atoms in total. The van der Waals surface area contributed by atoms with Crippen LogP contribution < -0.4 is 5.32 Å². The van der Waals surface area contributed by atoms with E-state index in [1.807, 2.05) is 42.6 Å². The van der Waals surface area contributed by atoms with E-state index in [9.17, 15) is 9.59 Å². The molecule has 1 aliphatic rings. The Morgan fingerprint density at radius 2 is 2.15 bits per heavy atom. The lowest BCUT2D eigenvalue weighted by Gasteiger charge is -2.34. The van der Waals surface area contributed by atoms with Crippen LogP contribution in [0.25, 0.3) is 10.2 Å². The van der Waals surface area contributed by atoms with Gasteiger partial charge in [0.1, 0.15) is 6.04 Å². The molecule has 7 heteroatoms. The Labute approximate surface area is 159 Å². The van der Waals surface area contributed by atoms with E-state index < -0.39 is 6.04 Å². The number of likely N-dealkylation sites (tertiary alicyclic amines) is 1. The number of fused-ring (bicyclic) bond motifs is 1. The van der Waals surface area contributed by atoms with E-state index in [0.717, 1.165) is 33.8 Å². The molecule has 1 aromatic carbocycles. The number of nitrogens with zero attached hydrogens (tertiary/aromatic N) is 2. The Hall–Kier alpha value is -2.25. The largest absolute Gasteiger partial charge is 0.326 e. The minimum atomic E-state index is -0.419. The highest BCUT2D eigenvalue weighted by Gasteiger charge is 2.33. The van der Waals surface area contributed by atoms with Gasteiger partial charge in [0.05, 0.1) is 20.1 Å². The predicted molar refractivity (Wildman–Crippen MR) is 106 cm³/mol. The molecule has 1 aliphatic heterocycles. The minimum absolute atomic E-state index is 0.0478. The summed E-state index contributed by atoms with van der Waals surface area (Å²) in [4.78, 5) is 32.5. The molecule has 0 spiro atoms. The Morgan fingerprint density at radius 3 is 2.96 bits per heavy atom. The van der Waals surface area contributed by atoms with Gasteiger partial charge in [0, 0.05) is 12.2 Å². The predicted octanol–water partition coefficient (Wildman–Crippen LogP) is 4.30. The number of nitrogens with one attached hydrogen (secondary N) is 1. The molecule has 0 radical (unpaired) electrons. The number of carbonyl (C=O) groups is 2. The van der Waals surface area contributed by atoms with Crippen LogP contribution in [0.1, 0.15) is 33.9 Å². The topological polar surface area (TPSA) is 62.3 Å². The second-order valence-electron chi connectivity index (χ2n) is 6.39. The summed E-state index contributed by atoms with van der Waals surface area (Å²) in [6.07, 6.45) is 2.59. The van der Waals surface area contributed by atoms with Gasteiger partial charge in [-0.2, -0.15) is 0 Å². The highest BCUT2D eigenvalue weighted by molar-refractivity contribution is 7.18. The Bertz CT molecular complexity index is 949. The number of thiazole rings is 1. The third-order valence-electron chi connectivity index (χ3n) is 4.56. The van der Waals surface area contributed by atoms with E-state index >= 15 is 0 Å². The number of carbonyl (C=O) groups excluding carboxylic acids is 2. The molecule has 1 unspecified atom stereocenters. The lowest BCUT2D eigenvalue weighted by atomic mass is 10.0. The standard InChI is InChI=1S/C19H19N3O2S2/c1-12-20-14-8-7-13(11-17(14)26-12)21-18(23)15-5-2-3-9-22(15)19(24)16-6-4-10-25-16/h4,6-8,10-11,15H,2-3,5,9H2,1H3,(H,21,23). The normalized spacial score (nSPS) is 17.4. The molecular weight excluding hydrogens is 366 g/mol. The summed E-state index contributed by atoms with van der Waals surface area (Å²) in [6, 6.07) is 9.00. The first-order chi connectivity index (χ1) is 12.6. The van der Waals surface area contributed by atoms with Gasteiger partial charge in [-0.3, -0.25) is 9.59 Å². The molecule has 3 aromatic rings. The average Bonchev–Trinajstić information content (AvgIpc) is 3.29. The van der Waals surface area contributed by atoms with Gasteiger partial charge < -0.3 is 10.2 Å². The van der Waals surface area contributed by atoms with E-state index in [-0.39, 0.29) is 11.8 Å². The van der Waals surface area contributed by atoms with Crippen LogP contribution >= 0.6 is 22.7 Å². The summed E-state index contributed by atoms with van der Waals surface area (Å²) in [5, 5.41) is 5.88. The average molecular weight is 386 g/mol. The van der Waals surface area contributed by atoms with E-state index in [0.29, 0.717) is 17.8 Å². The molecule has 0 aliphatic carbocycles. The van der Waals surface area contributed by atoms with Crippen LogP contribution in [0.4, 0.5) is 5.69 Å². The smallest absolute Gasteiger partial charge is 0.264 e. The molecule has 2 aromatic heterocycles. The van der Waals surface area contributed by atoms with E-state index in [2.05, 4.69) is 10.3 Å². The summed E-state index contributed by atoms with van der Waals surface area (Å²) in [6.45, 7) is 2.60. The highest BCUT2D eigenvalue weighted by atomic mass is 32.1. The van der Waals surface area contributed by atoms with Gasteiger partial charge in [-0.15, -0.1) is 22.7 Å². The third-order valence-corrected chi connectivity index (χ3v) is 6.35. The van der Waals surface area contributed by atoms with Crippen LogP contribution in [0, 0.1) is 6.92 Å². The number of benzene rings is 1. The number of amides is 2. The quantitative estimate of drug-likeness (QED) is 0.731. The van der Waals surface area contributed by atoms with Crippen molar-refractivity contribution in [2.45, 2.75) is 32.2 Å². The first-order valence-corrected chi connectivity index (χ1v) is 10.3. The number of thiophene rings is 1. The zero-order chi connectivity index (χ0) is 18.1. The van der Waals surface area contributed by atoms with Gasteiger partial charge in [0.25, 0.3) is 5.91 Å². The third kappa shape index (κ3) is 3.37. The maximum Gasteiger partial charge on any atom is 0.264 e. The molecule has 26 heavy (non-hydrogen) atoms. The summed E-state index contributed by atoms with van der Waals surface area (Å²) in [5.41, 5.74) is 1.69. The van der Waals surface area contributed by atoms with Gasteiger partial charge in [-0.25, -0.2) is 4.98 Å². The Kier molecular flexibility index (Phi) is 4.74. The summed E-state index contributed by atoms with van der Waals surface area (Å²) in [5.74, 6) is -0.163. The number of piperidine rings is 1. The summed E-state index contributed by atoms with van der Waals surface area (Å²) in [7, 11) is 0. The summed E-state index contributed by atoms with van der Waals surface area (Å²) < 4.78 is 1.05. The molecule has 4 rings (SSSR count). The molecule has 0 bridgehead atoms. The van der Waals surface area contributed by atoms with Crippen LogP contribution in [-0.4, -0.2) is 34.3 Å². The lowest BCUT2D eigenvalue weighted by molar-refractivity contribution is -0.121. The number of hydrogen-bond acceptors (Lipinski definition) is 5. The first-order valence-electron chi connectivity index (χ1n) is 8.64. The van der Waals surface area contributed by atoms with Crippen LogP contribution in [-0.2, 0) is 4.79 Å². The molecule has 1 atom stereocenters. The van der Waals surface area contributed by atoms with Crippen molar-refractivity contribution in [1.82, 2.24) is 9.88 Å². The number of rotatable bonds is 3. The number of hydrogen-bond donors (Lipinski definition) is 1. The fourth-order valence-electron chi connectivity index (χ4n) is 3.33. The van der Waals surface area contributed by atoms with E-state index in [1.54, 1.807) is 16.2 Å². The lowest BCUT2D eigenvalue weighted by Crippen LogP contribution is -2.49. The molecule has 1 N–H and O–H groups in total. The number of anilines is 1. The zero-order valence-electron chi connectivity index (χ0n) is 14.4. The molecule has 0 saturated carbocycles. The van der Waals surface area contributed by atoms with E-state index in [4.69, 9.17) is 0 Å². The first kappa shape index (κ1) is 17.2. The molecule has 1 saturated heterocycles. The second-order valence-corrected chi connectivity index (χ2v) is 8.57. The van der Waals surface area contributed by atoms with E-state index in [1.165, 1.54) is 11.3 Å². The molecule has 3 heterocycles. The van der Waals surface area contributed by atoms with Crippen molar-refractivity contribution >= 4 is 50.4 Å². The molecule has 1 fully saturated rings. The second kappa shape index (κ2) is 7.17. The van der Waals surface area contributed by atoms with Crippen molar-refractivity contribution in [3.63, 3.8) is 0 Å². The fourth-order valence-corrected chi connectivity index (χ4v) is 4.88. The minimum Gasteiger partial charge on any atom is -0.326 e. The van der Waals surface area contributed by atoms with Crippen molar-refractivity contribution in [1.29, 1.82) is 0 Å². The van der Waals surface area contributed by atoms with Gasteiger partial charge in [-0.05, 0) is 55.8 Å². The molecule has 2 amide bonds. The zero-order valence-corrected chi connectivity index (χ0v) is 16.0. The van der Waals surface area contributed by atoms with Crippen LogP contribution in [0.15, 0.2) is 35.7 Å². The maximum atomic E-state index is 12.9. The molecule has 134 valence electrons. The monoisotopic (exact) mass is 385 g/mol. The van der Waals surface area contributed by atoms with Gasteiger partial charge in [0.2, 0.25) is 5.91 Å². The van der Waals surface area contributed by atoms with Gasteiger partial charge in [0.15, 0.2) is 0 Å². The number of aryl methyl sites for hydroxylation is 1. The van der Waals surface area contributed by atoms with Crippen molar-refractivity contribution in [3.05, 3.63) is 45.6 Å². The maximum absolute atomic E-state index is 12.9. The van der Waals surface area contributed by atoms with Crippen molar-refractivity contribution < 1.29 is 9.59 Å². The van der Waals surface area contributed by atoms with Gasteiger partial charge >= 0.3 is 0 Å². The Balaban J connectivity index is 1.53. The highest BCUT2D eigenvalue weighted by Crippen LogP contribution is 2.26. The van der Waals surface area contributed by atoms with Gasteiger partial charge in [-0.1, -0.05) is 6.07 Å².